The number of rotatable bonds is 3. The Morgan fingerprint density at radius 2 is 2.05 bits per heavy atom. The first-order chi connectivity index (χ1) is 8.58. The molecule has 0 unspecified atom stereocenters. The van der Waals surface area contributed by atoms with E-state index in [0.717, 1.165) is 0 Å². The average Bonchev–Trinajstić information content (AvgIpc) is 2.23. The van der Waals surface area contributed by atoms with Gasteiger partial charge >= 0.3 is 6.09 Å². The van der Waals surface area contributed by atoms with E-state index in [4.69, 9.17) is 9.88 Å². The number of pyridine rings is 1. The Morgan fingerprint density at radius 3 is 2.47 bits per heavy atom. The maximum atomic E-state index is 11.4. The van der Waals surface area contributed by atoms with E-state index in [1.807, 2.05) is 0 Å². The molecule has 1 heterocycles. The third-order valence-electron chi connectivity index (χ3n) is 1.92. The van der Waals surface area contributed by atoms with Crippen LogP contribution < -0.4 is 10.5 Å². The van der Waals surface area contributed by atoms with Crippen LogP contribution in [0.3, 0.4) is 0 Å². The fourth-order valence-corrected chi connectivity index (χ4v) is 1.63. The van der Waals surface area contributed by atoms with Crippen LogP contribution in [0.25, 0.3) is 0 Å². The molecular formula is C11H17N3O4S. The first-order valence-electron chi connectivity index (χ1n) is 5.52. The Labute approximate surface area is 112 Å². The second-order valence-corrected chi connectivity index (χ2v) is 6.41. The highest BCUT2D eigenvalue weighted by Gasteiger charge is 2.15. The number of primary sulfonamides is 1. The van der Waals surface area contributed by atoms with Crippen LogP contribution >= 0.6 is 0 Å². The van der Waals surface area contributed by atoms with Crippen molar-refractivity contribution in [2.45, 2.75) is 37.9 Å². The molecule has 8 heteroatoms. The molecule has 7 nitrogen and oxygen atoms in total. The smallest absolute Gasteiger partial charge is 0.407 e. The molecule has 0 fully saturated rings. The van der Waals surface area contributed by atoms with Gasteiger partial charge in [-0.3, -0.25) is 0 Å². The molecule has 1 rings (SSSR count). The van der Waals surface area contributed by atoms with E-state index in [0.29, 0.717) is 5.56 Å². The van der Waals surface area contributed by atoms with E-state index >= 15 is 0 Å². The van der Waals surface area contributed by atoms with Crippen molar-refractivity contribution in [1.82, 2.24) is 10.3 Å². The van der Waals surface area contributed by atoms with Crippen LogP contribution in [0.1, 0.15) is 26.3 Å². The number of carbonyl (C=O) groups is 1. The number of nitrogens with two attached hydrogens (primary N) is 1. The second-order valence-electron chi connectivity index (χ2n) is 4.91. The summed E-state index contributed by atoms with van der Waals surface area (Å²) in [4.78, 5) is 15.1. The van der Waals surface area contributed by atoms with E-state index in [9.17, 15) is 13.2 Å². The van der Waals surface area contributed by atoms with Crippen LogP contribution in [0.15, 0.2) is 23.4 Å². The van der Waals surface area contributed by atoms with Crippen molar-refractivity contribution in [3.05, 3.63) is 23.9 Å². The number of amides is 1. The van der Waals surface area contributed by atoms with Crippen molar-refractivity contribution in [2.24, 2.45) is 5.14 Å². The summed E-state index contributed by atoms with van der Waals surface area (Å²) in [6.45, 7) is 5.46. The number of ether oxygens (including phenoxy) is 1. The van der Waals surface area contributed by atoms with E-state index < -0.39 is 21.7 Å². The molecule has 0 bridgehead atoms. The topological polar surface area (TPSA) is 111 Å². The van der Waals surface area contributed by atoms with E-state index in [1.165, 1.54) is 18.3 Å². The average molecular weight is 287 g/mol. The predicted molar refractivity (Wildman–Crippen MR) is 68.7 cm³/mol. The van der Waals surface area contributed by atoms with Crippen LogP contribution in [0.5, 0.6) is 0 Å². The van der Waals surface area contributed by atoms with Crippen molar-refractivity contribution in [1.29, 1.82) is 0 Å². The van der Waals surface area contributed by atoms with Gasteiger partial charge in [0.1, 0.15) is 5.60 Å². The number of nitrogens with zero attached hydrogens (tertiary/aromatic N) is 1. The summed E-state index contributed by atoms with van der Waals surface area (Å²) in [6.07, 6.45) is 0.778. The molecule has 0 aromatic carbocycles. The van der Waals surface area contributed by atoms with Crippen LogP contribution in [0.4, 0.5) is 4.79 Å². The minimum atomic E-state index is -3.80. The van der Waals surface area contributed by atoms with Crippen LogP contribution in [-0.2, 0) is 21.3 Å². The lowest BCUT2D eigenvalue weighted by Gasteiger charge is -2.19. The second kappa shape index (κ2) is 5.54. The minimum Gasteiger partial charge on any atom is -0.444 e. The zero-order valence-corrected chi connectivity index (χ0v) is 11.8. The summed E-state index contributed by atoms with van der Waals surface area (Å²) in [5.41, 5.74) is 0.0677. The van der Waals surface area contributed by atoms with Crippen LogP contribution in [0.2, 0.25) is 0 Å². The molecule has 0 saturated carbocycles. The van der Waals surface area contributed by atoms with Gasteiger partial charge in [0.15, 0.2) is 5.03 Å². The number of hydrogen-bond acceptors (Lipinski definition) is 5. The number of sulfonamides is 1. The number of alkyl carbamates (subject to hydrolysis) is 1. The molecule has 0 spiro atoms. The molecule has 0 saturated heterocycles. The van der Waals surface area contributed by atoms with Gasteiger partial charge in [-0.15, -0.1) is 0 Å². The quantitative estimate of drug-likeness (QED) is 0.852. The molecule has 0 aliphatic carbocycles. The summed E-state index contributed by atoms with van der Waals surface area (Å²) in [5, 5.41) is 7.24. The van der Waals surface area contributed by atoms with Gasteiger partial charge in [-0.1, -0.05) is 6.07 Å². The monoisotopic (exact) mass is 287 g/mol. The van der Waals surface area contributed by atoms with Gasteiger partial charge in [0.25, 0.3) is 10.0 Å². The Hall–Kier alpha value is -1.67. The fourth-order valence-electron chi connectivity index (χ4n) is 1.17. The van der Waals surface area contributed by atoms with Gasteiger partial charge in [0, 0.05) is 12.7 Å². The summed E-state index contributed by atoms with van der Waals surface area (Å²) >= 11 is 0. The number of hydrogen-bond donors (Lipinski definition) is 2. The molecule has 19 heavy (non-hydrogen) atoms. The predicted octanol–water partition coefficient (Wildman–Crippen LogP) is 0.754. The molecule has 1 aromatic rings. The van der Waals surface area contributed by atoms with Crippen molar-refractivity contribution < 1.29 is 17.9 Å². The van der Waals surface area contributed by atoms with Gasteiger partial charge < -0.3 is 10.1 Å². The summed E-state index contributed by atoms with van der Waals surface area (Å²) in [7, 11) is -3.80. The lowest BCUT2D eigenvalue weighted by atomic mass is 10.2. The minimum absolute atomic E-state index is 0.187. The standard InChI is InChI=1S/C11H17N3O4S/c1-11(2,3)18-10(15)14-7-8-4-5-9(13-6-8)19(12,16)17/h4-6H,7H2,1-3H3,(H,14,15)(H2,12,16,17). The number of aromatic nitrogens is 1. The SMILES string of the molecule is CC(C)(C)OC(=O)NCc1ccc(S(N)(=O)=O)nc1. The van der Waals surface area contributed by atoms with E-state index in [1.54, 1.807) is 20.8 Å². The normalized spacial score (nSPS) is 12.0. The van der Waals surface area contributed by atoms with E-state index in [2.05, 4.69) is 10.3 Å². The Kier molecular flexibility index (Phi) is 4.48. The Morgan fingerprint density at radius 1 is 1.42 bits per heavy atom. The molecule has 0 atom stereocenters. The molecular weight excluding hydrogens is 270 g/mol. The molecule has 106 valence electrons. The highest BCUT2D eigenvalue weighted by molar-refractivity contribution is 7.89. The molecule has 0 radical (unpaired) electrons. The number of nitrogens with one attached hydrogen (secondary N) is 1. The summed E-state index contributed by atoms with van der Waals surface area (Å²) in [5.74, 6) is 0. The molecule has 0 aliphatic heterocycles. The maximum absolute atomic E-state index is 11.4. The van der Waals surface area contributed by atoms with Gasteiger partial charge in [-0.05, 0) is 32.4 Å². The van der Waals surface area contributed by atoms with Crippen LogP contribution in [0, 0.1) is 0 Å². The van der Waals surface area contributed by atoms with Crippen molar-refractivity contribution in [3.63, 3.8) is 0 Å². The zero-order valence-electron chi connectivity index (χ0n) is 11.0. The first-order valence-corrected chi connectivity index (χ1v) is 7.07. The van der Waals surface area contributed by atoms with Crippen molar-refractivity contribution in [3.8, 4) is 0 Å². The summed E-state index contributed by atoms with van der Waals surface area (Å²) in [6, 6.07) is 2.80. The maximum Gasteiger partial charge on any atom is 0.407 e. The van der Waals surface area contributed by atoms with Crippen molar-refractivity contribution in [2.75, 3.05) is 0 Å². The summed E-state index contributed by atoms with van der Waals surface area (Å²) < 4.78 is 27.0. The zero-order chi connectivity index (χ0) is 14.7. The Bertz CT molecular complexity index is 546. The highest BCUT2D eigenvalue weighted by Crippen LogP contribution is 2.07. The van der Waals surface area contributed by atoms with Gasteiger partial charge in [0.2, 0.25) is 0 Å². The third kappa shape index (κ3) is 5.66. The van der Waals surface area contributed by atoms with Gasteiger partial charge in [0.05, 0.1) is 0 Å². The molecule has 1 amide bonds. The lowest BCUT2D eigenvalue weighted by Crippen LogP contribution is -2.32. The number of carbonyl (C=O) groups excluding carboxylic acids is 1. The van der Waals surface area contributed by atoms with Crippen LogP contribution in [-0.4, -0.2) is 25.1 Å². The van der Waals surface area contributed by atoms with E-state index in [-0.39, 0.29) is 11.6 Å². The highest BCUT2D eigenvalue weighted by atomic mass is 32.2. The fraction of sp³-hybridized carbons (Fsp3) is 0.455. The van der Waals surface area contributed by atoms with Gasteiger partial charge in [-0.25, -0.2) is 23.3 Å². The largest absolute Gasteiger partial charge is 0.444 e. The first kappa shape index (κ1) is 15.4. The molecule has 0 aliphatic rings. The lowest BCUT2D eigenvalue weighted by molar-refractivity contribution is 0.0523. The third-order valence-corrected chi connectivity index (χ3v) is 2.75. The Balaban J connectivity index is 2.58. The van der Waals surface area contributed by atoms with Gasteiger partial charge in [-0.2, -0.15) is 0 Å². The molecule has 1 aromatic heterocycles. The molecule has 3 N–H and O–H groups in total. The van der Waals surface area contributed by atoms with Crippen molar-refractivity contribution >= 4 is 16.1 Å².